The molecule has 1 amide bonds. The van der Waals surface area contributed by atoms with Crippen LogP contribution in [0.2, 0.25) is 0 Å². The van der Waals surface area contributed by atoms with Crippen LogP contribution in [-0.2, 0) is 10.4 Å². The Balaban J connectivity index is 0.00000187. The van der Waals surface area contributed by atoms with Crippen molar-refractivity contribution in [1.82, 2.24) is 9.88 Å². The summed E-state index contributed by atoms with van der Waals surface area (Å²) >= 11 is 0. The number of benzene rings is 2. The standard InChI is InChI=1S/C32H40N2O4.C3H8/c1-10-29(36)28-16-25(22(6)33-28)27(17-34(9)18-35)26-15-24(32(7,8)37)11-12-30(26)38-31-20(4)13-23(19(2)3)14-21(31)5;1-3-2/h11-19,33,37H,10H2,1-9H3;3H2,1-2H3/b27-17+;. The van der Waals surface area contributed by atoms with Crippen LogP contribution in [0, 0.1) is 20.8 Å². The van der Waals surface area contributed by atoms with Gasteiger partial charge in [-0.1, -0.05) is 59.2 Å². The molecule has 0 radical (unpaired) electrons. The lowest BCUT2D eigenvalue weighted by Gasteiger charge is -2.23. The van der Waals surface area contributed by atoms with Gasteiger partial charge in [-0.25, -0.2) is 0 Å². The minimum atomic E-state index is -1.10. The summed E-state index contributed by atoms with van der Waals surface area (Å²) in [7, 11) is 1.66. The van der Waals surface area contributed by atoms with Gasteiger partial charge in [-0.05, 0) is 81.0 Å². The summed E-state index contributed by atoms with van der Waals surface area (Å²) in [5.74, 6) is 1.74. The third-order valence-corrected chi connectivity index (χ3v) is 6.76. The molecule has 0 bridgehead atoms. The monoisotopic (exact) mass is 560 g/mol. The molecule has 3 rings (SSSR count). The minimum absolute atomic E-state index is 0.000601. The first-order chi connectivity index (χ1) is 19.2. The number of amides is 1. The number of aryl methyl sites for hydroxylation is 3. The molecule has 6 nitrogen and oxygen atoms in total. The maximum absolute atomic E-state index is 12.5. The van der Waals surface area contributed by atoms with Gasteiger partial charge in [0.15, 0.2) is 5.78 Å². The van der Waals surface area contributed by atoms with Crippen molar-refractivity contribution in [3.63, 3.8) is 0 Å². The van der Waals surface area contributed by atoms with E-state index in [0.717, 1.165) is 34.5 Å². The molecule has 0 saturated heterocycles. The number of Topliss-reactive ketones (excluding diaryl/α,β-unsaturated/α-hetero) is 1. The third-order valence-electron chi connectivity index (χ3n) is 6.76. The topological polar surface area (TPSA) is 82.6 Å². The molecule has 2 N–H and O–H groups in total. The van der Waals surface area contributed by atoms with E-state index in [2.05, 4.69) is 44.8 Å². The van der Waals surface area contributed by atoms with Crippen molar-refractivity contribution in [2.75, 3.05) is 7.05 Å². The number of rotatable bonds is 10. The highest BCUT2D eigenvalue weighted by Gasteiger charge is 2.24. The number of carbonyl (C=O) groups excluding carboxylic acids is 2. The van der Waals surface area contributed by atoms with E-state index in [1.54, 1.807) is 27.1 Å². The van der Waals surface area contributed by atoms with Crippen molar-refractivity contribution in [2.24, 2.45) is 0 Å². The molecule has 1 aromatic heterocycles. The maximum Gasteiger partial charge on any atom is 0.213 e. The number of nitrogens with one attached hydrogen (secondary N) is 1. The number of hydrogen-bond acceptors (Lipinski definition) is 4. The van der Waals surface area contributed by atoms with Gasteiger partial charge in [0.25, 0.3) is 0 Å². The Bertz CT molecular complexity index is 1370. The zero-order valence-corrected chi connectivity index (χ0v) is 26.7. The van der Waals surface area contributed by atoms with Crippen LogP contribution in [0.25, 0.3) is 5.57 Å². The van der Waals surface area contributed by atoms with Crippen molar-refractivity contribution < 1.29 is 19.4 Å². The van der Waals surface area contributed by atoms with Gasteiger partial charge >= 0.3 is 0 Å². The van der Waals surface area contributed by atoms with Crippen molar-refractivity contribution >= 4 is 17.8 Å². The van der Waals surface area contributed by atoms with Gasteiger partial charge in [-0.3, -0.25) is 9.59 Å². The van der Waals surface area contributed by atoms with Crippen LogP contribution >= 0.6 is 0 Å². The second-order valence-corrected chi connectivity index (χ2v) is 11.5. The molecule has 0 unspecified atom stereocenters. The zero-order chi connectivity index (χ0) is 31.1. The summed E-state index contributed by atoms with van der Waals surface area (Å²) in [6.45, 7) is 19.8. The normalized spacial score (nSPS) is 11.7. The number of ketones is 1. The molecule has 6 heteroatoms. The van der Waals surface area contributed by atoms with Crippen LogP contribution in [0.15, 0.2) is 42.6 Å². The second kappa shape index (κ2) is 14.3. The number of carbonyl (C=O) groups is 2. The average molecular weight is 561 g/mol. The van der Waals surface area contributed by atoms with E-state index in [-0.39, 0.29) is 5.78 Å². The van der Waals surface area contributed by atoms with Gasteiger partial charge in [0.2, 0.25) is 6.41 Å². The largest absolute Gasteiger partial charge is 0.456 e. The summed E-state index contributed by atoms with van der Waals surface area (Å²) in [6.07, 6.45) is 4.07. The lowest BCUT2D eigenvalue weighted by Crippen LogP contribution is -2.16. The van der Waals surface area contributed by atoms with Crippen LogP contribution in [0.5, 0.6) is 11.5 Å². The molecule has 0 atom stereocenters. The lowest BCUT2D eigenvalue weighted by molar-refractivity contribution is -0.114. The molecular formula is C35H48N2O4. The van der Waals surface area contributed by atoms with Gasteiger partial charge in [0.1, 0.15) is 11.5 Å². The van der Waals surface area contributed by atoms with Crippen LogP contribution in [0.1, 0.15) is 117 Å². The Morgan fingerprint density at radius 1 is 1.02 bits per heavy atom. The molecular weight excluding hydrogens is 512 g/mol. The van der Waals surface area contributed by atoms with Gasteiger partial charge in [-0.2, -0.15) is 0 Å². The van der Waals surface area contributed by atoms with Crippen LogP contribution in [0.4, 0.5) is 0 Å². The van der Waals surface area contributed by atoms with Gasteiger partial charge in [0.05, 0.1) is 11.3 Å². The van der Waals surface area contributed by atoms with E-state index in [0.29, 0.717) is 40.5 Å². The smallest absolute Gasteiger partial charge is 0.213 e. The van der Waals surface area contributed by atoms with E-state index in [9.17, 15) is 14.7 Å². The highest BCUT2D eigenvalue weighted by molar-refractivity contribution is 5.96. The second-order valence-electron chi connectivity index (χ2n) is 11.5. The summed E-state index contributed by atoms with van der Waals surface area (Å²) in [4.78, 5) is 28.8. The molecule has 0 aliphatic heterocycles. The van der Waals surface area contributed by atoms with E-state index in [1.165, 1.54) is 16.9 Å². The SMILES string of the molecule is CCC.CCC(=O)c1cc(/C(=C\N(C)C=O)c2cc(C(C)(C)O)ccc2Oc2c(C)cc(C(C)C)cc2C)c(C)[nH]1. The fraction of sp³-hybridized carbons (Fsp3) is 0.429. The summed E-state index contributed by atoms with van der Waals surface area (Å²) in [5, 5.41) is 10.8. The Labute approximate surface area is 246 Å². The van der Waals surface area contributed by atoms with E-state index >= 15 is 0 Å². The van der Waals surface area contributed by atoms with Gasteiger partial charge < -0.3 is 19.7 Å². The first-order valence-electron chi connectivity index (χ1n) is 14.5. The highest BCUT2D eigenvalue weighted by atomic mass is 16.5. The number of aromatic nitrogens is 1. The molecule has 3 aromatic rings. The molecule has 0 aliphatic rings. The molecule has 1 heterocycles. The molecule has 0 aliphatic carbocycles. The molecule has 2 aromatic carbocycles. The van der Waals surface area contributed by atoms with E-state index in [1.807, 2.05) is 52.0 Å². The first-order valence-corrected chi connectivity index (χ1v) is 14.5. The Morgan fingerprint density at radius 3 is 2.10 bits per heavy atom. The lowest BCUT2D eigenvalue weighted by atomic mass is 9.91. The molecule has 0 saturated carbocycles. The average Bonchev–Trinajstić information content (AvgIpc) is 3.29. The summed E-state index contributed by atoms with van der Waals surface area (Å²) in [5.41, 5.74) is 6.35. The predicted molar refractivity (Wildman–Crippen MR) is 169 cm³/mol. The van der Waals surface area contributed by atoms with Crippen LogP contribution in [0.3, 0.4) is 0 Å². The van der Waals surface area contributed by atoms with E-state index < -0.39 is 5.60 Å². The highest BCUT2D eigenvalue weighted by Crippen LogP contribution is 2.40. The number of aromatic amines is 1. The summed E-state index contributed by atoms with van der Waals surface area (Å²) < 4.78 is 6.60. The third kappa shape index (κ3) is 8.43. The fourth-order valence-corrected chi connectivity index (χ4v) is 4.49. The number of hydrogen-bond donors (Lipinski definition) is 2. The van der Waals surface area contributed by atoms with Crippen LogP contribution < -0.4 is 4.74 Å². The first kappa shape index (κ1) is 33.6. The van der Waals surface area contributed by atoms with Gasteiger partial charge in [0, 0.05) is 42.1 Å². The molecule has 0 fully saturated rings. The van der Waals surface area contributed by atoms with Crippen molar-refractivity contribution in [1.29, 1.82) is 0 Å². The molecule has 41 heavy (non-hydrogen) atoms. The van der Waals surface area contributed by atoms with E-state index in [4.69, 9.17) is 4.74 Å². The number of H-pyrrole nitrogens is 1. The maximum atomic E-state index is 12.5. The van der Waals surface area contributed by atoms with Crippen molar-refractivity contribution in [3.05, 3.63) is 87.4 Å². The van der Waals surface area contributed by atoms with Gasteiger partial charge in [-0.15, -0.1) is 0 Å². The zero-order valence-electron chi connectivity index (χ0n) is 26.7. The number of aliphatic hydroxyl groups is 1. The minimum Gasteiger partial charge on any atom is -0.456 e. The Morgan fingerprint density at radius 2 is 1.61 bits per heavy atom. The number of ether oxygens (including phenoxy) is 1. The Hall–Kier alpha value is -3.64. The van der Waals surface area contributed by atoms with Crippen molar-refractivity contribution in [3.8, 4) is 11.5 Å². The predicted octanol–water partition coefficient (Wildman–Crippen LogP) is 8.57. The summed E-state index contributed by atoms with van der Waals surface area (Å²) in [6, 6.07) is 11.7. The number of nitrogens with zero attached hydrogens (tertiary/aromatic N) is 1. The molecule has 0 spiro atoms. The van der Waals surface area contributed by atoms with Crippen molar-refractivity contribution in [2.45, 2.75) is 93.6 Å². The Kier molecular flexibility index (Phi) is 11.7. The quantitative estimate of drug-likeness (QED) is 0.192. The fourth-order valence-electron chi connectivity index (χ4n) is 4.49. The molecule has 222 valence electrons. The van der Waals surface area contributed by atoms with Crippen LogP contribution in [-0.4, -0.2) is 34.2 Å².